The van der Waals surface area contributed by atoms with Gasteiger partial charge in [0.2, 0.25) is 0 Å². The van der Waals surface area contributed by atoms with Gasteiger partial charge in [-0.2, -0.15) is 0 Å². The minimum Gasteiger partial charge on any atom is -0.465 e. The minimum absolute atomic E-state index is 0.0492. The number of carbonyl (C=O) groups is 8. The second-order valence-electron chi connectivity index (χ2n) is 40.0. The fraction of sp³-hybridized carbons (Fsp3) is 0.838. The topological polar surface area (TPSA) is 210 Å². The van der Waals surface area contributed by atoms with Crippen LogP contribution in [0.2, 0.25) is 0 Å². The largest absolute Gasteiger partial charge is 0.465 e. The number of hydrogen-bond acceptors (Lipinski definition) is 16. The molecule has 16 nitrogen and oxygen atoms in total. The summed E-state index contributed by atoms with van der Waals surface area (Å²) < 4.78 is 46.1. The fourth-order valence-electron chi connectivity index (χ4n) is 26.4. The second kappa shape index (κ2) is 46.5. The first-order valence-corrected chi connectivity index (χ1v) is 47.8. The lowest BCUT2D eigenvalue weighted by atomic mass is 9.61. The highest BCUT2D eigenvalue weighted by Crippen LogP contribution is 2.64. The molecule has 0 aromatic carbocycles. The zero-order valence-corrected chi connectivity index (χ0v) is 72.1. The van der Waals surface area contributed by atoms with Crippen LogP contribution >= 0.6 is 0 Å². The average Bonchev–Trinajstić information content (AvgIpc) is 1.59. The van der Waals surface area contributed by atoms with Crippen LogP contribution in [0.1, 0.15) is 317 Å². The summed E-state index contributed by atoms with van der Waals surface area (Å²) in [6.07, 6.45) is 56.6. The van der Waals surface area contributed by atoms with Crippen molar-refractivity contribution in [3.8, 4) is 0 Å². The van der Waals surface area contributed by atoms with Crippen molar-refractivity contribution < 1.29 is 76.3 Å². The van der Waals surface area contributed by atoms with E-state index < -0.39 is 23.9 Å². The molecule has 8 bridgehead atoms. The van der Waals surface area contributed by atoms with Crippen LogP contribution < -0.4 is 0 Å². The lowest BCUT2D eigenvalue weighted by molar-refractivity contribution is -0.146. The summed E-state index contributed by atoms with van der Waals surface area (Å²) in [7, 11) is 0. The Bertz CT molecular complexity index is 3170. The van der Waals surface area contributed by atoms with Gasteiger partial charge in [-0.25, -0.2) is 28.8 Å². The zero-order valence-electron chi connectivity index (χ0n) is 72.1. The summed E-state index contributed by atoms with van der Waals surface area (Å²) in [5, 5.41) is 0. The van der Waals surface area contributed by atoms with E-state index in [0.717, 1.165) is 139 Å². The molecule has 11 aliphatic carbocycles. The van der Waals surface area contributed by atoms with Crippen LogP contribution in [0.15, 0.2) is 49.1 Å². The zero-order chi connectivity index (χ0) is 81.2. The molecule has 26 atom stereocenters. The average molecular weight is 1600 g/mol. The van der Waals surface area contributed by atoms with Gasteiger partial charge in [0.25, 0.3) is 0 Å². The monoisotopic (exact) mass is 1600 g/mol. The van der Waals surface area contributed by atoms with Gasteiger partial charge in [-0.05, 0) is 308 Å². The third-order valence-corrected chi connectivity index (χ3v) is 32.2. The van der Waals surface area contributed by atoms with Crippen molar-refractivity contribution in [2.75, 3.05) is 52.9 Å². The lowest BCUT2D eigenvalue weighted by Gasteiger charge is -2.44. The van der Waals surface area contributed by atoms with E-state index in [1.165, 1.54) is 184 Å². The van der Waals surface area contributed by atoms with E-state index in [4.69, 9.17) is 37.9 Å². The molecule has 16 heteroatoms. The predicted molar refractivity (Wildman–Crippen MR) is 448 cm³/mol. The molecule has 11 fully saturated rings. The number of carbonyl (C=O) groups excluding carboxylic acids is 8. The molecule has 0 radical (unpaired) electrons. The van der Waals surface area contributed by atoms with Crippen LogP contribution in [0.3, 0.4) is 0 Å². The van der Waals surface area contributed by atoms with Crippen molar-refractivity contribution in [1.29, 1.82) is 0 Å². The molecular weight excluding hydrogens is 1450 g/mol. The Kier molecular flexibility index (Phi) is 36.6. The van der Waals surface area contributed by atoms with Crippen LogP contribution in [-0.4, -0.2) is 101 Å². The lowest BCUT2D eigenvalue weighted by Crippen LogP contribution is -2.35. The van der Waals surface area contributed by atoms with Crippen LogP contribution in [0.25, 0.3) is 0 Å². The maximum absolute atomic E-state index is 13.4. The first-order chi connectivity index (χ1) is 55.8. The molecule has 0 spiro atoms. The molecule has 11 aliphatic rings. The Morgan fingerprint density at radius 2 is 0.722 bits per heavy atom. The van der Waals surface area contributed by atoms with Crippen molar-refractivity contribution in [1.82, 2.24) is 0 Å². The molecule has 0 amide bonds. The van der Waals surface area contributed by atoms with Gasteiger partial charge in [0.1, 0.15) is 0 Å². The van der Waals surface area contributed by atoms with Gasteiger partial charge in [-0.3, -0.25) is 9.59 Å². The van der Waals surface area contributed by atoms with E-state index in [-0.39, 0.29) is 35.7 Å². The van der Waals surface area contributed by atoms with Crippen molar-refractivity contribution in [2.24, 2.45) is 154 Å². The van der Waals surface area contributed by atoms with Crippen molar-refractivity contribution in [3.05, 3.63) is 49.1 Å². The Morgan fingerprint density at radius 3 is 1.24 bits per heavy atom. The highest BCUT2D eigenvalue weighted by atomic mass is 16.6. The summed E-state index contributed by atoms with van der Waals surface area (Å²) in [5.74, 6) is 11.0. The highest BCUT2D eigenvalue weighted by Gasteiger charge is 2.58. The Hall–Kier alpha value is -5.28. The van der Waals surface area contributed by atoms with Crippen LogP contribution in [-0.2, 0) is 76.3 Å². The highest BCUT2D eigenvalue weighted by molar-refractivity contribution is 5.92. The van der Waals surface area contributed by atoms with Crippen LogP contribution in [0.5, 0.6) is 0 Å². The quantitative estimate of drug-likeness (QED) is 0.0240. The smallest absolute Gasteiger partial charge is 0.333 e. The number of fused-ring (bicyclic) bond motifs is 14. The molecule has 0 aromatic heterocycles. The number of unbranched alkanes of at least 4 members (excludes halogenated alkanes) is 14. The van der Waals surface area contributed by atoms with Gasteiger partial charge in [0.15, 0.2) is 0 Å². The number of ether oxygens (including phenoxy) is 8. The Morgan fingerprint density at radius 1 is 0.313 bits per heavy atom. The van der Waals surface area contributed by atoms with E-state index in [1.54, 1.807) is 6.92 Å². The van der Waals surface area contributed by atoms with Crippen molar-refractivity contribution in [2.45, 2.75) is 317 Å². The third kappa shape index (κ3) is 27.1. The molecular formula is C99H154O16. The fourth-order valence-corrected chi connectivity index (χ4v) is 26.4. The molecule has 26 unspecified atom stereocenters. The second-order valence-corrected chi connectivity index (χ2v) is 40.0. The van der Waals surface area contributed by atoms with Gasteiger partial charge in [-0.15, -0.1) is 0 Å². The molecule has 11 rings (SSSR count). The van der Waals surface area contributed by atoms with E-state index in [1.807, 2.05) is 0 Å². The van der Waals surface area contributed by atoms with E-state index >= 15 is 0 Å². The van der Waals surface area contributed by atoms with Gasteiger partial charge < -0.3 is 37.9 Å². The van der Waals surface area contributed by atoms with Gasteiger partial charge in [0.05, 0.1) is 52.9 Å². The minimum atomic E-state index is -0.508. The summed E-state index contributed by atoms with van der Waals surface area (Å²) in [6.45, 7) is 21.5. The molecule has 646 valence electrons. The SMILES string of the molecule is C=CC(=O)OCC1CC2C3CC(COC(=O)/C=C/C(=O)OCC4CCC5CC(CC5COC(=O)CCCCCCC5C(CCCCCC)CCC(CCCCCCCC)C5CCCCCCC(=O)OCC5CC6CCC(COC(=O)/C=C/C(=O)OCC7CC8CC7C7CC(COC(=O)C(=C)C)CC87)CC(C)C5C6)C(C)C4)C(C3)C2C1. The van der Waals surface area contributed by atoms with Crippen molar-refractivity contribution in [3.63, 3.8) is 0 Å². The molecule has 11 saturated carbocycles. The van der Waals surface area contributed by atoms with Crippen LogP contribution in [0.4, 0.5) is 0 Å². The Labute approximate surface area is 693 Å². The van der Waals surface area contributed by atoms with E-state index in [9.17, 15) is 38.4 Å². The first-order valence-electron chi connectivity index (χ1n) is 47.8. The standard InChI is InChI=1S/C99H154O16/c1-8-11-13-15-16-22-28-74-38-37-73(27-21-14-12-9-2)83(29-23-17-19-25-31-93(101)111-61-79-52-76-51-75(79)36-35-70(43-66(76)6)58-110-96(104)40-42-98(106)113-63-81-53-77-55-88(81)90-49-71(47-86(77)90)59-108-92(100)10-3)84(74)30-24-18-20-26-32-94(102)112-62-80-45-68-33-34-69(44-67(7)85(80)46-68)57-109-95(103)39-41-97(105)114-64-82-54-78-56-89(82)91-50-72(48-87(78)91)60-115-99(107)65(4)5/h10,39-42,66-91H,3-4,8-9,11-38,43-64H2,1-2,5-7H3/b41-39+,42-40+. The Balaban J connectivity index is 0.546. The predicted octanol–water partition coefficient (Wildman–Crippen LogP) is 21.6. The number of hydrogen-bond donors (Lipinski definition) is 0. The molecule has 0 aromatic rings. The number of esters is 8. The summed E-state index contributed by atoms with van der Waals surface area (Å²) in [4.78, 5) is 102. The maximum atomic E-state index is 13.4. The normalized spacial score (nSPS) is 34.8. The van der Waals surface area contributed by atoms with Crippen molar-refractivity contribution >= 4 is 47.8 Å². The third-order valence-electron chi connectivity index (χ3n) is 32.2. The molecule has 0 aliphatic heterocycles. The summed E-state index contributed by atoms with van der Waals surface area (Å²) in [5.41, 5.74) is 0.432. The van der Waals surface area contributed by atoms with Crippen LogP contribution in [0, 0.1) is 154 Å². The van der Waals surface area contributed by atoms with Gasteiger partial charge in [0, 0.05) is 48.8 Å². The number of rotatable bonds is 48. The molecule has 0 N–H and O–H groups in total. The van der Waals surface area contributed by atoms with Gasteiger partial charge in [-0.1, -0.05) is 163 Å². The summed E-state index contributed by atoms with van der Waals surface area (Å²) in [6, 6.07) is 0. The van der Waals surface area contributed by atoms with E-state index in [0.29, 0.717) is 190 Å². The molecule has 0 heterocycles. The first kappa shape index (κ1) is 90.5. The van der Waals surface area contributed by atoms with E-state index in [2.05, 4.69) is 40.9 Å². The summed E-state index contributed by atoms with van der Waals surface area (Å²) >= 11 is 0. The maximum Gasteiger partial charge on any atom is 0.333 e. The molecule has 0 saturated heterocycles. The molecule has 115 heavy (non-hydrogen) atoms. The van der Waals surface area contributed by atoms with Gasteiger partial charge >= 0.3 is 47.8 Å².